The van der Waals surface area contributed by atoms with Crippen molar-refractivity contribution in [2.45, 2.75) is 20.4 Å². The normalized spacial score (nSPS) is 11.6. The molecule has 1 aromatic carbocycles. The molecular formula is C12H18FN3. The molecule has 88 valence electrons. The van der Waals surface area contributed by atoms with E-state index in [4.69, 9.17) is 5.73 Å². The van der Waals surface area contributed by atoms with Crippen LogP contribution in [0.4, 0.5) is 4.39 Å². The molecule has 0 fully saturated rings. The number of benzene rings is 1. The number of rotatable bonds is 4. The minimum Gasteiger partial charge on any atom is -0.370 e. The zero-order chi connectivity index (χ0) is 12.0. The first-order valence-electron chi connectivity index (χ1n) is 5.46. The van der Waals surface area contributed by atoms with Gasteiger partial charge in [-0.3, -0.25) is 0 Å². The van der Waals surface area contributed by atoms with Crippen LogP contribution in [0, 0.1) is 5.82 Å². The zero-order valence-electron chi connectivity index (χ0n) is 9.78. The third-order valence-corrected chi connectivity index (χ3v) is 2.42. The molecule has 0 spiro atoms. The van der Waals surface area contributed by atoms with Crippen molar-refractivity contribution < 1.29 is 4.39 Å². The summed E-state index contributed by atoms with van der Waals surface area (Å²) in [4.78, 5) is 6.24. The van der Waals surface area contributed by atoms with Gasteiger partial charge in [0.1, 0.15) is 5.82 Å². The lowest BCUT2D eigenvalue weighted by Gasteiger charge is -2.19. The fourth-order valence-electron chi connectivity index (χ4n) is 1.41. The van der Waals surface area contributed by atoms with Crippen molar-refractivity contribution in [1.29, 1.82) is 0 Å². The molecule has 0 saturated carbocycles. The second kappa shape index (κ2) is 6.10. The maximum absolute atomic E-state index is 12.7. The van der Waals surface area contributed by atoms with Crippen molar-refractivity contribution in [3.63, 3.8) is 0 Å². The average Bonchev–Trinajstić information content (AvgIpc) is 2.30. The van der Waals surface area contributed by atoms with Crippen LogP contribution in [0.15, 0.2) is 29.3 Å². The third kappa shape index (κ3) is 3.53. The van der Waals surface area contributed by atoms with Gasteiger partial charge in [-0.15, -0.1) is 0 Å². The van der Waals surface area contributed by atoms with E-state index < -0.39 is 0 Å². The van der Waals surface area contributed by atoms with Gasteiger partial charge in [0.15, 0.2) is 5.96 Å². The molecule has 16 heavy (non-hydrogen) atoms. The molecule has 0 bridgehead atoms. The van der Waals surface area contributed by atoms with Crippen molar-refractivity contribution in [1.82, 2.24) is 4.90 Å². The molecular weight excluding hydrogens is 205 g/mol. The van der Waals surface area contributed by atoms with E-state index in [1.165, 1.54) is 12.1 Å². The minimum absolute atomic E-state index is 0.232. The Balaban J connectivity index is 2.61. The van der Waals surface area contributed by atoms with E-state index in [0.717, 1.165) is 18.7 Å². The molecule has 4 heteroatoms. The molecule has 0 unspecified atom stereocenters. The van der Waals surface area contributed by atoms with Gasteiger partial charge in [0.05, 0.1) is 6.54 Å². The molecule has 0 saturated heterocycles. The summed E-state index contributed by atoms with van der Waals surface area (Å²) >= 11 is 0. The molecule has 0 atom stereocenters. The van der Waals surface area contributed by atoms with Gasteiger partial charge in [-0.1, -0.05) is 12.1 Å². The molecule has 2 N–H and O–H groups in total. The van der Waals surface area contributed by atoms with Gasteiger partial charge in [-0.25, -0.2) is 9.38 Å². The largest absolute Gasteiger partial charge is 0.370 e. The predicted octanol–water partition coefficient (Wildman–Crippen LogP) is 1.98. The van der Waals surface area contributed by atoms with Crippen LogP contribution in [0.25, 0.3) is 0 Å². The second-order valence-corrected chi connectivity index (χ2v) is 3.47. The number of aliphatic imine (C=N–C) groups is 1. The summed E-state index contributed by atoms with van der Waals surface area (Å²) in [6, 6.07) is 6.29. The van der Waals surface area contributed by atoms with Crippen molar-refractivity contribution in [2.24, 2.45) is 10.7 Å². The molecule has 1 aromatic rings. The highest BCUT2D eigenvalue weighted by molar-refractivity contribution is 5.77. The number of hydrogen-bond acceptors (Lipinski definition) is 1. The Hall–Kier alpha value is -1.58. The summed E-state index contributed by atoms with van der Waals surface area (Å²) in [5, 5.41) is 0. The first-order chi connectivity index (χ1) is 7.67. The van der Waals surface area contributed by atoms with Gasteiger partial charge in [-0.2, -0.15) is 0 Å². The smallest absolute Gasteiger partial charge is 0.191 e. The van der Waals surface area contributed by atoms with E-state index in [0.29, 0.717) is 12.5 Å². The topological polar surface area (TPSA) is 41.6 Å². The number of nitrogens with two attached hydrogens (primary N) is 1. The van der Waals surface area contributed by atoms with Crippen molar-refractivity contribution in [3.8, 4) is 0 Å². The first kappa shape index (κ1) is 12.5. The maximum atomic E-state index is 12.7. The van der Waals surface area contributed by atoms with Gasteiger partial charge in [-0.05, 0) is 31.5 Å². The Labute approximate surface area is 95.8 Å². The first-order valence-corrected chi connectivity index (χ1v) is 5.46. The highest BCUT2D eigenvalue weighted by atomic mass is 19.1. The Morgan fingerprint density at radius 3 is 2.31 bits per heavy atom. The van der Waals surface area contributed by atoms with E-state index in [1.54, 1.807) is 12.1 Å². The van der Waals surface area contributed by atoms with E-state index in [9.17, 15) is 4.39 Å². The molecule has 0 radical (unpaired) electrons. The molecule has 0 heterocycles. The second-order valence-electron chi connectivity index (χ2n) is 3.47. The minimum atomic E-state index is -0.232. The molecule has 0 aromatic heterocycles. The van der Waals surface area contributed by atoms with Crippen molar-refractivity contribution >= 4 is 5.96 Å². The third-order valence-electron chi connectivity index (χ3n) is 2.42. The maximum Gasteiger partial charge on any atom is 0.191 e. The molecule has 0 aliphatic heterocycles. The Kier molecular flexibility index (Phi) is 4.76. The number of nitrogens with zero attached hydrogens (tertiary/aromatic N) is 2. The Bertz CT molecular complexity index is 342. The molecule has 3 nitrogen and oxygen atoms in total. The standard InChI is InChI=1S/C12H18FN3/c1-3-16(4-2)12(14)15-9-10-5-7-11(13)8-6-10/h5-8H,3-4,9H2,1-2H3,(H2,14,15). The molecule has 0 aliphatic rings. The van der Waals surface area contributed by atoms with Gasteiger partial charge >= 0.3 is 0 Å². The summed E-state index contributed by atoms with van der Waals surface area (Å²) in [6.07, 6.45) is 0. The predicted molar refractivity (Wildman–Crippen MR) is 64.6 cm³/mol. The van der Waals surface area contributed by atoms with E-state index in [2.05, 4.69) is 4.99 Å². The molecule has 0 aliphatic carbocycles. The van der Waals surface area contributed by atoms with Crippen LogP contribution in [-0.2, 0) is 6.54 Å². The van der Waals surface area contributed by atoms with Gasteiger partial charge in [0.2, 0.25) is 0 Å². The lowest BCUT2D eigenvalue weighted by atomic mass is 10.2. The van der Waals surface area contributed by atoms with Crippen LogP contribution < -0.4 is 5.73 Å². The number of guanidine groups is 1. The van der Waals surface area contributed by atoms with Crippen LogP contribution in [0.2, 0.25) is 0 Å². The molecule has 1 rings (SSSR count). The van der Waals surface area contributed by atoms with E-state index in [-0.39, 0.29) is 5.82 Å². The van der Waals surface area contributed by atoms with E-state index in [1.807, 2.05) is 18.7 Å². The molecule has 0 amide bonds. The Morgan fingerprint density at radius 1 is 1.25 bits per heavy atom. The number of hydrogen-bond donors (Lipinski definition) is 1. The van der Waals surface area contributed by atoms with Crippen molar-refractivity contribution in [2.75, 3.05) is 13.1 Å². The summed E-state index contributed by atoms with van der Waals surface area (Å²) < 4.78 is 12.7. The zero-order valence-corrected chi connectivity index (χ0v) is 9.78. The van der Waals surface area contributed by atoms with Crippen LogP contribution >= 0.6 is 0 Å². The van der Waals surface area contributed by atoms with Gasteiger partial charge < -0.3 is 10.6 Å². The monoisotopic (exact) mass is 223 g/mol. The Morgan fingerprint density at radius 2 is 1.81 bits per heavy atom. The fraction of sp³-hybridized carbons (Fsp3) is 0.417. The fourth-order valence-corrected chi connectivity index (χ4v) is 1.41. The van der Waals surface area contributed by atoms with Gasteiger partial charge in [0, 0.05) is 13.1 Å². The highest BCUT2D eigenvalue weighted by Gasteiger charge is 2.01. The lowest BCUT2D eigenvalue weighted by molar-refractivity contribution is 0.458. The summed E-state index contributed by atoms with van der Waals surface area (Å²) in [5.74, 6) is 0.304. The summed E-state index contributed by atoms with van der Waals surface area (Å²) in [5.41, 5.74) is 6.77. The van der Waals surface area contributed by atoms with Crippen LogP contribution in [0.5, 0.6) is 0 Å². The van der Waals surface area contributed by atoms with Crippen LogP contribution in [0.3, 0.4) is 0 Å². The number of halogens is 1. The average molecular weight is 223 g/mol. The van der Waals surface area contributed by atoms with Crippen LogP contribution in [0.1, 0.15) is 19.4 Å². The quantitative estimate of drug-likeness (QED) is 0.626. The van der Waals surface area contributed by atoms with Gasteiger partial charge in [0.25, 0.3) is 0 Å². The van der Waals surface area contributed by atoms with E-state index >= 15 is 0 Å². The summed E-state index contributed by atoms with van der Waals surface area (Å²) in [6.45, 7) is 6.24. The van der Waals surface area contributed by atoms with Crippen LogP contribution in [-0.4, -0.2) is 23.9 Å². The SMILES string of the molecule is CCN(CC)C(N)=NCc1ccc(F)cc1. The summed E-state index contributed by atoms with van der Waals surface area (Å²) in [7, 11) is 0. The highest BCUT2D eigenvalue weighted by Crippen LogP contribution is 2.04. The lowest BCUT2D eigenvalue weighted by Crippen LogP contribution is -2.37. The van der Waals surface area contributed by atoms with Crippen molar-refractivity contribution in [3.05, 3.63) is 35.6 Å².